The van der Waals surface area contributed by atoms with Crippen molar-refractivity contribution in [3.63, 3.8) is 0 Å². The van der Waals surface area contributed by atoms with Crippen LogP contribution in [-0.2, 0) is 17.7 Å². The summed E-state index contributed by atoms with van der Waals surface area (Å²) in [5.74, 6) is 0. The highest BCUT2D eigenvalue weighted by Crippen LogP contribution is 2.15. The Morgan fingerprint density at radius 3 is 2.70 bits per heavy atom. The molecule has 2 heterocycles. The molecule has 5 heteroatoms. The number of thiazole rings is 1. The number of aromatic nitrogens is 1. The van der Waals surface area contributed by atoms with Crippen LogP contribution in [0.1, 0.15) is 30.5 Å². The van der Waals surface area contributed by atoms with Crippen molar-refractivity contribution in [2.45, 2.75) is 32.7 Å². The minimum atomic E-state index is 0.840. The number of unbranched alkanes of at least 4 members (excludes halogenated alkanes) is 1. The SMILES string of the molecule is CCCCc1nc(CN2CCN(CCOC)CC2)cs1. The highest BCUT2D eigenvalue weighted by atomic mass is 32.1. The number of ether oxygens (including phenoxy) is 1. The van der Waals surface area contributed by atoms with Crippen LogP contribution in [-0.4, -0.2) is 61.2 Å². The predicted octanol–water partition coefficient (Wildman–Crippen LogP) is 2.25. The van der Waals surface area contributed by atoms with Crippen molar-refractivity contribution in [3.05, 3.63) is 16.1 Å². The monoisotopic (exact) mass is 297 g/mol. The van der Waals surface area contributed by atoms with Crippen LogP contribution in [0, 0.1) is 0 Å². The molecule has 0 aliphatic carbocycles. The molecule has 1 aromatic rings. The fourth-order valence-electron chi connectivity index (χ4n) is 2.48. The van der Waals surface area contributed by atoms with Gasteiger partial charge in [-0.15, -0.1) is 11.3 Å². The maximum atomic E-state index is 5.14. The van der Waals surface area contributed by atoms with Crippen molar-refractivity contribution in [1.82, 2.24) is 14.8 Å². The van der Waals surface area contributed by atoms with Crippen molar-refractivity contribution >= 4 is 11.3 Å². The second-order valence-corrected chi connectivity index (χ2v) is 6.39. The Morgan fingerprint density at radius 2 is 2.00 bits per heavy atom. The van der Waals surface area contributed by atoms with E-state index in [2.05, 4.69) is 22.1 Å². The van der Waals surface area contributed by atoms with Gasteiger partial charge in [-0.1, -0.05) is 13.3 Å². The third-order valence-electron chi connectivity index (χ3n) is 3.81. The topological polar surface area (TPSA) is 28.6 Å². The summed E-state index contributed by atoms with van der Waals surface area (Å²) < 4.78 is 5.14. The van der Waals surface area contributed by atoms with Crippen molar-refractivity contribution < 1.29 is 4.74 Å². The summed E-state index contributed by atoms with van der Waals surface area (Å²) in [7, 11) is 1.77. The molecule has 1 aromatic heterocycles. The zero-order valence-corrected chi connectivity index (χ0v) is 13.6. The van der Waals surface area contributed by atoms with E-state index in [0.29, 0.717) is 0 Å². The van der Waals surface area contributed by atoms with E-state index in [1.807, 2.05) is 11.3 Å². The van der Waals surface area contributed by atoms with Crippen LogP contribution in [0.4, 0.5) is 0 Å². The molecular weight excluding hydrogens is 270 g/mol. The summed E-state index contributed by atoms with van der Waals surface area (Å²) >= 11 is 1.82. The van der Waals surface area contributed by atoms with Gasteiger partial charge in [0.1, 0.15) is 0 Å². The summed E-state index contributed by atoms with van der Waals surface area (Å²) in [6.45, 7) is 9.73. The molecule has 0 N–H and O–H groups in total. The van der Waals surface area contributed by atoms with E-state index in [1.165, 1.54) is 23.5 Å². The molecule has 4 nitrogen and oxygen atoms in total. The van der Waals surface area contributed by atoms with Gasteiger partial charge in [-0.05, 0) is 12.8 Å². The largest absolute Gasteiger partial charge is 0.383 e. The smallest absolute Gasteiger partial charge is 0.0928 e. The van der Waals surface area contributed by atoms with E-state index in [1.54, 1.807) is 7.11 Å². The van der Waals surface area contributed by atoms with Gasteiger partial charge >= 0.3 is 0 Å². The molecule has 0 aromatic carbocycles. The molecule has 0 radical (unpaired) electrons. The predicted molar refractivity (Wildman–Crippen MR) is 84.3 cm³/mol. The third kappa shape index (κ3) is 5.13. The van der Waals surface area contributed by atoms with Gasteiger partial charge in [0.05, 0.1) is 17.3 Å². The van der Waals surface area contributed by atoms with Gasteiger partial charge in [0, 0.05) is 51.8 Å². The molecular formula is C15H27N3OS. The van der Waals surface area contributed by atoms with Gasteiger partial charge < -0.3 is 4.74 Å². The van der Waals surface area contributed by atoms with E-state index >= 15 is 0 Å². The lowest BCUT2D eigenvalue weighted by atomic mass is 10.2. The van der Waals surface area contributed by atoms with Crippen LogP contribution in [0.2, 0.25) is 0 Å². The van der Waals surface area contributed by atoms with Crippen molar-refractivity contribution in [1.29, 1.82) is 0 Å². The summed E-state index contributed by atoms with van der Waals surface area (Å²) in [6, 6.07) is 0. The lowest BCUT2D eigenvalue weighted by Gasteiger charge is -2.34. The van der Waals surface area contributed by atoms with Gasteiger partial charge in [-0.2, -0.15) is 0 Å². The average molecular weight is 297 g/mol. The van der Waals surface area contributed by atoms with E-state index in [4.69, 9.17) is 9.72 Å². The summed E-state index contributed by atoms with van der Waals surface area (Å²) in [6.07, 6.45) is 3.65. The highest BCUT2D eigenvalue weighted by Gasteiger charge is 2.17. The average Bonchev–Trinajstić information content (AvgIpc) is 2.92. The maximum Gasteiger partial charge on any atom is 0.0928 e. The maximum absolute atomic E-state index is 5.14. The molecule has 1 aliphatic rings. The number of piperazine rings is 1. The first kappa shape index (κ1) is 15.9. The zero-order chi connectivity index (χ0) is 14.2. The molecule has 20 heavy (non-hydrogen) atoms. The van der Waals surface area contributed by atoms with Crippen LogP contribution in [0.15, 0.2) is 5.38 Å². The molecule has 1 fully saturated rings. The first-order valence-corrected chi connectivity index (χ1v) is 8.56. The fourth-order valence-corrected chi connectivity index (χ4v) is 3.32. The van der Waals surface area contributed by atoms with Crippen LogP contribution in [0.3, 0.4) is 0 Å². The Bertz CT molecular complexity index is 375. The molecule has 0 amide bonds. The fraction of sp³-hybridized carbons (Fsp3) is 0.800. The van der Waals surface area contributed by atoms with Crippen molar-refractivity contribution in [2.24, 2.45) is 0 Å². The number of nitrogens with zero attached hydrogens (tertiary/aromatic N) is 3. The molecule has 0 atom stereocenters. The molecule has 2 rings (SSSR count). The van der Waals surface area contributed by atoms with Gasteiger partial charge in [0.2, 0.25) is 0 Å². The third-order valence-corrected chi connectivity index (χ3v) is 4.76. The molecule has 0 saturated carbocycles. The van der Waals surface area contributed by atoms with Gasteiger partial charge in [-0.25, -0.2) is 4.98 Å². The standard InChI is InChI=1S/C15H27N3OS/c1-3-4-5-15-16-14(13-20-15)12-18-8-6-17(7-9-18)10-11-19-2/h13H,3-12H2,1-2H3. The second-order valence-electron chi connectivity index (χ2n) is 5.45. The highest BCUT2D eigenvalue weighted by molar-refractivity contribution is 7.09. The Balaban J connectivity index is 1.70. The normalized spacial score (nSPS) is 17.7. The van der Waals surface area contributed by atoms with E-state index in [-0.39, 0.29) is 0 Å². The minimum absolute atomic E-state index is 0.840. The zero-order valence-electron chi connectivity index (χ0n) is 12.8. The summed E-state index contributed by atoms with van der Waals surface area (Å²) in [5, 5.41) is 3.54. The number of hydrogen-bond donors (Lipinski definition) is 0. The lowest BCUT2D eigenvalue weighted by molar-refractivity contribution is 0.0933. The van der Waals surface area contributed by atoms with E-state index in [9.17, 15) is 0 Å². The van der Waals surface area contributed by atoms with Crippen molar-refractivity contribution in [2.75, 3.05) is 46.4 Å². The van der Waals surface area contributed by atoms with Crippen LogP contribution >= 0.6 is 11.3 Å². The Hall–Kier alpha value is -0.490. The molecule has 1 aliphatic heterocycles. The summed E-state index contributed by atoms with van der Waals surface area (Å²) in [4.78, 5) is 9.75. The molecule has 114 valence electrons. The van der Waals surface area contributed by atoms with Crippen molar-refractivity contribution in [3.8, 4) is 0 Å². The Labute approximate surface area is 126 Å². The summed E-state index contributed by atoms with van der Waals surface area (Å²) in [5.41, 5.74) is 1.26. The van der Waals surface area contributed by atoms with E-state index in [0.717, 1.165) is 52.3 Å². The van der Waals surface area contributed by atoms with Gasteiger partial charge in [0.25, 0.3) is 0 Å². The molecule has 0 bridgehead atoms. The van der Waals surface area contributed by atoms with Crippen LogP contribution < -0.4 is 0 Å². The molecule has 0 spiro atoms. The first-order valence-electron chi connectivity index (χ1n) is 7.68. The number of rotatable bonds is 8. The Morgan fingerprint density at radius 1 is 1.25 bits per heavy atom. The van der Waals surface area contributed by atoms with Crippen LogP contribution in [0.25, 0.3) is 0 Å². The second kappa shape index (κ2) is 8.72. The molecule has 0 unspecified atom stereocenters. The van der Waals surface area contributed by atoms with E-state index < -0.39 is 0 Å². The minimum Gasteiger partial charge on any atom is -0.383 e. The molecule has 1 saturated heterocycles. The quantitative estimate of drug-likeness (QED) is 0.736. The number of hydrogen-bond acceptors (Lipinski definition) is 5. The number of aryl methyl sites for hydroxylation is 1. The number of methoxy groups -OCH3 is 1. The van der Waals surface area contributed by atoms with Crippen LogP contribution in [0.5, 0.6) is 0 Å². The van der Waals surface area contributed by atoms with Gasteiger partial charge in [0.15, 0.2) is 0 Å². The Kier molecular flexibility index (Phi) is 6.93. The van der Waals surface area contributed by atoms with Gasteiger partial charge in [-0.3, -0.25) is 9.80 Å². The lowest BCUT2D eigenvalue weighted by Crippen LogP contribution is -2.46. The first-order chi connectivity index (χ1) is 9.81.